The summed E-state index contributed by atoms with van der Waals surface area (Å²) in [6, 6.07) is 8.31. The number of benzene rings is 1. The van der Waals surface area contributed by atoms with Gasteiger partial charge in [-0.1, -0.05) is 50.6 Å². The molecule has 0 radical (unpaired) electrons. The summed E-state index contributed by atoms with van der Waals surface area (Å²) in [5.74, 6) is -0.804. The van der Waals surface area contributed by atoms with Crippen LogP contribution in [-0.2, 0) is 20.9 Å². The molecule has 1 rings (SSSR count). The molecular formula is C14H19NO4. The fraction of sp³-hybridized carbons (Fsp3) is 0.429. The first-order valence-corrected chi connectivity index (χ1v) is 6.22. The smallest absolute Gasteiger partial charge is 0.429 e. The minimum absolute atomic E-state index is 0.0468. The van der Waals surface area contributed by atoms with Crippen LogP contribution in [0.15, 0.2) is 30.3 Å². The van der Waals surface area contributed by atoms with E-state index in [9.17, 15) is 9.59 Å². The van der Waals surface area contributed by atoms with Gasteiger partial charge in [0.05, 0.1) is 0 Å². The lowest BCUT2D eigenvalue weighted by Gasteiger charge is -2.15. The molecule has 0 aliphatic rings. The van der Waals surface area contributed by atoms with Gasteiger partial charge in [0.1, 0.15) is 12.6 Å². The van der Waals surface area contributed by atoms with Crippen molar-refractivity contribution in [1.29, 1.82) is 0 Å². The van der Waals surface area contributed by atoms with E-state index in [4.69, 9.17) is 10.5 Å². The Morgan fingerprint density at radius 2 is 1.89 bits per heavy atom. The molecule has 2 unspecified atom stereocenters. The Labute approximate surface area is 112 Å². The third kappa shape index (κ3) is 5.09. The van der Waals surface area contributed by atoms with Gasteiger partial charge in [-0.25, -0.2) is 9.59 Å². The molecule has 19 heavy (non-hydrogen) atoms. The number of nitrogens with two attached hydrogens (primary N) is 1. The number of carbonyl (C=O) groups is 2. The number of ether oxygens (including phenoxy) is 2. The van der Waals surface area contributed by atoms with Gasteiger partial charge >= 0.3 is 12.1 Å². The maximum absolute atomic E-state index is 11.5. The molecule has 0 heterocycles. The van der Waals surface area contributed by atoms with Gasteiger partial charge in [-0.3, -0.25) is 0 Å². The van der Waals surface area contributed by atoms with Crippen molar-refractivity contribution in [3.8, 4) is 0 Å². The van der Waals surface area contributed by atoms with Crippen molar-refractivity contribution >= 4 is 12.1 Å². The van der Waals surface area contributed by atoms with E-state index in [1.165, 1.54) is 0 Å². The molecular weight excluding hydrogens is 246 g/mol. The Morgan fingerprint density at radius 3 is 2.47 bits per heavy atom. The highest BCUT2D eigenvalue weighted by molar-refractivity contribution is 5.85. The van der Waals surface area contributed by atoms with E-state index in [2.05, 4.69) is 4.74 Å². The predicted octanol–water partition coefficient (Wildman–Crippen LogP) is 2.24. The molecule has 2 N–H and O–H groups in total. The first-order valence-electron chi connectivity index (χ1n) is 6.22. The third-order valence-corrected chi connectivity index (χ3v) is 2.91. The van der Waals surface area contributed by atoms with E-state index in [1.807, 2.05) is 32.0 Å². The highest BCUT2D eigenvalue weighted by Gasteiger charge is 2.24. The van der Waals surface area contributed by atoms with Crippen LogP contribution in [0.25, 0.3) is 0 Å². The zero-order chi connectivity index (χ0) is 14.3. The van der Waals surface area contributed by atoms with Gasteiger partial charge in [0.25, 0.3) is 0 Å². The van der Waals surface area contributed by atoms with Crippen molar-refractivity contribution < 1.29 is 19.1 Å². The maximum Gasteiger partial charge on any atom is 0.516 e. The van der Waals surface area contributed by atoms with E-state index in [0.29, 0.717) is 0 Å². The van der Waals surface area contributed by atoms with Crippen molar-refractivity contribution in [2.24, 2.45) is 11.7 Å². The van der Waals surface area contributed by atoms with Crippen molar-refractivity contribution in [2.75, 3.05) is 0 Å². The van der Waals surface area contributed by atoms with E-state index in [0.717, 1.165) is 12.0 Å². The van der Waals surface area contributed by atoms with Gasteiger partial charge in [0.15, 0.2) is 0 Å². The molecule has 0 saturated heterocycles. The highest BCUT2D eigenvalue weighted by Crippen LogP contribution is 2.08. The molecule has 2 atom stereocenters. The first kappa shape index (κ1) is 15.2. The molecule has 0 aliphatic heterocycles. The van der Waals surface area contributed by atoms with Gasteiger partial charge in [0.2, 0.25) is 0 Å². The fourth-order valence-electron chi connectivity index (χ4n) is 1.38. The summed E-state index contributed by atoms with van der Waals surface area (Å²) in [6.45, 7) is 3.79. The largest absolute Gasteiger partial charge is 0.516 e. The van der Waals surface area contributed by atoms with E-state index in [1.54, 1.807) is 12.1 Å². The van der Waals surface area contributed by atoms with Gasteiger partial charge in [-0.2, -0.15) is 0 Å². The van der Waals surface area contributed by atoms with Crippen LogP contribution >= 0.6 is 0 Å². The van der Waals surface area contributed by atoms with Crippen LogP contribution < -0.4 is 5.73 Å². The molecule has 5 nitrogen and oxygen atoms in total. The molecule has 0 spiro atoms. The standard InChI is InChI=1S/C14H19NO4/c1-3-10(2)12(15)13(16)19-14(17)18-9-11-7-5-4-6-8-11/h4-8,10,12H,3,9,15H2,1-2H3. The molecule has 0 aromatic heterocycles. The first-order chi connectivity index (χ1) is 9.04. The predicted molar refractivity (Wildman–Crippen MR) is 70.1 cm³/mol. The third-order valence-electron chi connectivity index (χ3n) is 2.91. The SMILES string of the molecule is CCC(C)C(N)C(=O)OC(=O)OCc1ccccc1. The van der Waals surface area contributed by atoms with Crippen molar-refractivity contribution in [1.82, 2.24) is 0 Å². The second kappa shape index (κ2) is 7.53. The Bertz CT molecular complexity index is 419. The number of rotatable bonds is 5. The quantitative estimate of drug-likeness (QED) is 0.652. The Morgan fingerprint density at radius 1 is 1.26 bits per heavy atom. The molecule has 1 aromatic carbocycles. The second-order valence-electron chi connectivity index (χ2n) is 4.36. The highest BCUT2D eigenvalue weighted by atomic mass is 16.7. The van der Waals surface area contributed by atoms with Crippen LogP contribution in [0.1, 0.15) is 25.8 Å². The van der Waals surface area contributed by atoms with Gasteiger partial charge in [0, 0.05) is 0 Å². The molecule has 104 valence electrons. The normalized spacial score (nSPS) is 13.4. The van der Waals surface area contributed by atoms with Crippen LogP contribution in [0, 0.1) is 5.92 Å². The van der Waals surface area contributed by atoms with Crippen LogP contribution in [0.3, 0.4) is 0 Å². The Balaban J connectivity index is 2.37. The second-order valence-corrected chi connectivity index (χ2v) is 4.36. The Hall–Kier alpha value is -1.88. The molecule has 0 bridgehead atoms. The minimum Gasteiger partial charge on any atom is -0.429 e. The summed E-state index contributed by atoms with van der Waals surface area (Å²) in [7, 11) is 0. The molecule has 0 saturated carbocycles. The lowest BCUT2D eigenvalue weighted by atomic mass is 10.0. The summed E-state index contributed by atoms with van der Waals surface area (Å²) in [6.07, 6.45) is -0.289. The molecule has 0 fully saturated rings. The maximum atomic E-state index is 11.5. The fourth-order valence-corrected chi connectivity index (χ4v) is 1.38. The van der Waals surface area contributed by atoms with Gasteiger partial charge in [-0.15, -0.1) is 0 Å². The number of hydrogen-bond acceptors (Lipinski definition) is 5. The van der Waals surface area contributed by atoms with Crippen molar-refractivity contribution in [2.45, 2.75) is 32.9 Å². The van der Waals surface area contributed by atoms with Crippen LogP contribution in [0.4, 0.5) is 4.79 Å². The summed E-state index contributed by atoms with van der Waals surface area (Å²) in [5.41, 5.74) is 6.46. The van der Waals surface area contributed by atoms with Crippen LogP contribution in [0.5, 0.6) is 0 Å². The number of hydrogen-bond donors (Lipinski definition) is 1. The zero-order valence-electron chi connectivity index (χ0n) is 11.2. The molecule has 1 aromatic rings. The summed E-state index contributed by atoms with van der Waals surface area (Å²) in [4.78, 5) is 22.8. The molecule has 5 heteroatoms. The average molecular weight is 265 g/mol. The van der Waals surface area contributed by atoms with Crippen molar-refractivity contribution in [3.63, 3.8) is 0 Å². The number of carbonyl (C=O) groups excluding carboxylic acids is 2. The molecule has 0 amide bonds. The number of esters is 1. The zero-order valence-corrected chi connectivity index (χ0v) is 11.2. The Kier molecular flexibility index (Phi) is 6.02. The minimum atomic E-state index is -1.02. The molecule has 0 aliphatic carbocycles. The van der Waals surface area contributed by atoms with E-state index < -0.39 is 18.2 Å². The van der Waals surface area contributed by atoms with Crippen LogP contribution in [-0.4, -0.2) is 18.2 Å². The van der Waals surface area contributed by atoms with E-state index in [-0.39, 0.29) is 12.5 Å². The summed E-state index contributed by atoms with van der Waals surface area (Å²) in [5, 5.41) is 0. The lowest BCUT2D eigenvalue weighted by molar-refractivity contribution is -0.142. The topological polar surface area (TPSA) is 78.6 Å². The summed E-state index contributed by atoms with van der Waals surface area (Å²) < 4.78 is 9.36. The summed E-state index contributed by atoms with van der Waals surface area (Å²) >= 11 is 0. The van der Waals surface area contributed by atoms with Gasteiger partial charge < -0.3 is 15.2 Å². The van der Waals surface area contributed by atoms with E-state index >= 15 is 0 Å². The van der Waals surface area contributed by atoms with Gasteiger partial charge in [-0.05, 0) is 11.5 Å². The monoisotopic (exact) mass is 265 g/mol. The average Bonchev–Trinajstić information content (AvgIpc) is 2.44. The van der Waals surface area contributed by atoms with Crippen molar-refractivity contribution in [3.05, 3.63) is 35.9 Å². The lowest BCUT2D eigenvalue weighted by Crippen LogP contribution is -2.39. The van der Waals surface area contributed by atoms with Crippen LogP contribution in [0.2, 0.25) is 0 Å².